The van der Waals surface area contributed by atoms with E-state index in [2.05, 4.69) is 10.3 Å². The first kappa shape index (κ1) is 17.1. The maximum absolute atomic E-state index is 12.4. The van der Waals surface area contributed by atoms with Gasteiger partial charge in [-0.3, -0.25) is 4.79 Å². The highest BCUT2D eigenvalue weighted by Crippen LogP contribution is 2.25. The fourth-order valence-electron chi connectivity index (χ4n) is 2.89. The Labute approximate surface area is 146 Å². The van der Waals surface area contributed by atoms with Crippen LogP contribution in [-0.4, -0.2) is 30.1 Å². The van der Waals surface area contributed by atoms with E-state index in [1.165, 1.54) is 0 Å². The number of hydrogen-bond donors (Lipinski definition) is 2. The number of rotatable bonds is 5. The van der Waals surface area contributed by atoms with E-state index in [1.54, 1.807) is 11.3 Å². The van der Waals surface area contributed by atoms with Crippen molar-refractivity contribution in [3.63, 3.8) is 0 Å². The standard InChI is InChI=1S/C18H23N3O2S/c1-12(20-17(22)16(19)14-7-9-23-10-8-14)18-21-15(11-24-18)13-5-3-2-4-6-13/h2-6,11-12,14,16H,7-10,19H2,1H3,(H,20,22). The second-order valence-electron chi connectivity index (χ2n) is 6.14. The zero-order chi connectivity index (χ0) is 16.9. The summed E-state index contributed by atoms with van der Waals surface area (Å²) in [5.74, 6) is 0.0907. The van der Waals surface area contributed by atoms with Crippen molar-refractivity contribution in [3.05, 3.63) is 40.7 Å². The molecule has 3 rings (SSSR count). The summed E-state index contributed by atoms with van der Waals surface area (Å²) < 4.78 is 5.33. The first-order chi connectivity index (χ1) is 11.6. The van der Waals surface area contributed by atoms with Crippen molar-refractivity contribution >= 4 is 17.2 Å². The van der Waals surface area contributed by atoms with Crippen LogP contribution >= 0.6 is 11.3 Å². The molecule has 2 unspecified atom stereocenters. The van der Waals surface area contributed by atoms with Gasteiger partial charge < -0.3 is 15.8 Å². The molecule has 1 aliphatic heterocycles. The normalized spacial score (nSPS) is 18.1. The highest BCUT2D eigenvalue weighted by atomic mass is 32.1. The highest BCUT2D eigenvalue weighted by molar-refractivity contribution is 7.10. The van der Waals surface area contributed by atoms with Gasteiger partial charge in [-0.05, 0) is 25.7 Å². The van der Waals surface area contributed by atoms with E-state index in [1.807, 2.05) is 42.6 Å². The van der Waals surface area contributed by atoms with Crippen molar-refractivity contribution < 1.29 is 9.53 Å². The summed E-state index contributed by atoms with van der Waals surface area (Å²) in [5.41, 5.74) is 8.15. The smallest absolute Gasteiger partial charge is 0.237 e. The summed E-state index contributed by atoms with van der Waals surface area (Å²) >= 11 is 1.56. The molecule has 0 aliphatic carbocycles. The van der Waals surface area contributed by atoms with Crippen molar-refractivity contribution in [2.24, 2.45) is 11.7 Å². The minimum atomic E-state index is -0.482. The van der Waals surface area contributed by atoms with Gasteiger partial charge >= 0.3 is 0 Å². The third-order valence-electron chi connectivity index (χ3n) is 4.40. The number of ether oxygens (including phenoxy) is 1. The zero-order valence-electron chi connectivity index (χ0n) is 13.8. The predicted molar refractivity (Wildman–Crippen MR) is 95.6 cm³/mol. The highest BCUT2D eigenvalue weighted by Gasteiger charge is 2.27. The second kappa shape index (κ2) is 7.88. The van der Waals surface area contributed by atoms with Crippen LogP contribution in [0.5, 0.6) is 0 Å². The van der Waals surface area contributed by atoms with Crippen LogP contribution in [0.15, 0.2) is 35.7 Å². The third kappa shape index (κ3) is 4.01. The molecular weight excluding hydrogens is 322 g/mol. The Morgan fingerprint density at radius 1 is 1.33 bits per heavy atom. The summed E-state index contributed by atoms with van der Waals surface area (Å²) in [6.07, 6.45) is 1.69. The van der Waals surface area contributed by atoms with Crippen LogP contribution in [-0.2, 0) is 9.53 Å². The quantitative estimate of drug-likeness (QED) is 0.873. The molecule has 1 aliphatic rings. The zero-order valence-corrected chi connectivity index (χ0v) is 14.6. The summed E-state index contributed by atoms with van der Waals surface area (Å²) in [7, 11) is 0. The topological polar surface area (TPSA) is 77.2 Å². The molecule has 2 heterocycles. The van der Waals surface area contributed by atoms with E-state index in [0.29, 0.717) is 13.2 Å². The Bertz CT molecular complexity index is 668. The molecule has 6 heteroatoms. The van der Waals surface area contributed by atoms with Gasteiger partial charge in [0.1, 0.15) is 5.01 Å². The van der Waals surface area contributed by atoms with Gasteiger partial charge in [0, 0.05) is 24.2 Å². The number of nitrogens with one attached hydrogen (secondary N) is 1. The Kier molecular flexibility index (Phi) is 5.60. The molecule has 0 spiro atoms. The Morgan fingerprint density at radius 2 is 2.04 bits per heavy atom. The lowest BCUT2D eigenvalue weighted by atomic mass is 9.92. The van der Waals surface area contributed by atoms with Gasteiger partial charge in [0.05, 0.1) is 17.8 Å². The maximum Gasteiger partial charge on any atom is 0.237 e. The lowest BCUT2D eigenvalue weighted by Crippen LogP contribution is -2.47. The van der Waals surface area contributed by atoms with Crippen LogP contribution in [0.4, 0.5) is 0 Å². The molecule has 5 nitrogen and oxygen atoms in total. The monoisotopic (exact) mass is 345 g/mol. The van der Waals surface area contributed by atoms with Crippen LogP contribution in [0.2, 0.25) is 0 Å². The van der Waals surface area contributed by atoms with Crippen molar-refractivity contribution in [1.82, 2.24) is 10.3 Å². The van der Waals surface area contributed by atoms with Gasteiger partial charge in [-0.2, -0.15) is 0 Å². The van der Waals surface area contributed by atoms with Gasteiger partial charge in [0.25, 0.3) is 0 Å². The van der Waals surface area contributed by atoms with Crippen LogP contribution < -0.4 is 11.1 Å². The number of amides is 1. The largest absolute Gasteiger partial charge is 0.381 e. The molecule has 1 amide bonds. The molecule has 128 valence electrons. The third-order valence-corrected chi connectivity index (χ3v) is 5.42. The average molecular weight is 345 g/mol. The van der Waals surface area contributed by atoms with E-state index < -0.39 is 6.04 Å². The summed E-state index contributed by atoms with van der Waals surface area (Å²) in [4.78, 5) is 17.1. The lowest BCUT2D eigenvalue weighted by Gasteiger charge is -2.27. The van der Waals surface area contributed by atoms with E-state index >= 15 is 0 Å². The lowest BCUT2D eigenvalue weighted by molar-refractivity contribution is -0.125. The molecule has 1 saturated heterocycles. The predicted octanol–water partition coefficient (Wildman–Crippen LogP) is 2.74. The first-order valence-electron chi connectivity index (χ1n) is 8.29. The van der Waals surface area contributed by atoms with Crippen LogP contribution in [0.1, 0.15) is 30.8 Å². The number of nitrogens with zero attached hydrogens (tertiary/aromatic N) is 1. The Hall–Kier alpha value is -1.76. The summed E-state index contributed by atoms with van der Waals surface area (Å²) in [6.45, 7) is 3.32. The molecule has 1 fully saturated rings. The van der Waals surface area contributed by atoms with Crippen molar-refractivity contribution in [2.75, 3.05) is 13.2 Å². The van der Waals surface area contributed by atoms with E-state index in [9.17, 15) is 4.79 Å². The molecule has 2 aromatic rings. The second-order valence-corrected chi connectivity index (χ2v) is 7.03. The maximum atomic E-state index is 12.4. The fraction of sp³-hybridized carbons (Fsp3) is 0.444. The number of aromatic nitrogens is 1. The number of nitrogens with two attached hydrogens (primary N) is 1. The molecule has 24 heavy (non-hydrogen) atoms. The van der Waals surface area contributed by atoms with Gasteiger partial charge in [0.2, 0.25) is 5.91 Å². The van der Waals surface area contributed by atoms with Gasteiger partial charge in [0.15, 0.2) is 0 Å². The number of carbonyl (C=O) groups is 1. The van der Waals surface area contributed by atoms with Crippen LogP contribution in [0.25, 0.3) is 11.3 Å². The number of carbonyl (C=O) groups excluding carboxylic acids is 1. The minimum Gasteiger partial charge on any atom is -0.381 e. The SMILES string of the molecule is CC(NC(=O)C(N)C1CCOCC1)c1nc(-c2ccccc2)cs1. The van der Waals surface area contributed by atoms with Gasteiger partial charge in [-0.15, -0.1) is 11.3 Å². The van der Waals surface area contributed by atoms with Crippen molar-refractivity contribution in [3.8, 4) is 11.3 Å². The molecule has 0 radical (unpaired) electrons. The van der Waals surface area contributed by atoms with Crippen molar-refractivity contribution in [2.45, 2.75) is 31.8 Å². The summed E-state index contributed by atoms with van der Waals surface area (Å²) in [6, 6.07) is 9.40. The molecule has 0 saturated carbocycles. The number of thiazole rings is 1. The summed E-state index contributed by atoms with van der Waals surface area (Å²) in [5, 5.41) is 5.91. The molecule has 1 aromatic heterocycles. The van der Waals surface area contributed by atoms with Gasteiger partial charge in [-0.1, -0.05) is 30.3 Å². The van der Waals surface area contributed by atoms with Crippen LogP contribution in [0.3, 0.4) is 0 Å². The Morgan fingerprint density at radius 3 is 2.75 bits per heavy atom. The minimum absolute atomic E-state index is 0.106. The number of hydrogen-bond acceptors (Lipinski definition) is 5. The van der Waals surface area contributed by atoms with Gasteiger partial charge in [-0.25, -0.2) is 4.98 Å². The molecule has 0 bridgehead atoms. The van der Waals surface area contributed by atoms with E-state index in [0.717, 1.165) is 29.1 Å². The van der Waals surface area contributed by atoms with E-state index in [4.69, 9.17) is 10.5 Å². The van der Waals surface area contributed by atoms with E-state index in [-0.39, 0.29) is 17.9 Å². The average Bonchev–Trinajstić information content (AvgIpc) is 3.13. The molecule has 3 N–H and O–H groups in total. The molecule has 1 aromatic carbocycles. The number of benzene rings is 1. The van der Waals surface area contributed by atoms with Crippen LogP contribution in [0, 0.1) is 5.92 Å². The Balaban J connectivity index is 1.61. The molecule has 2 atom stereocenters. The first-order valence-corrected chi connectivity index (χ1v) is 9.17. The fourth-order valence-corrected chi connectivity index (χ4v) is 3.72. The molecular formula is C18H23N3O2S. The van der Waals surface area contributed by atoms with Crippen molar-refractivity contribution in [1.29, 1.82) is 0 Å².